The van der Waals surface area contributed by atoms with Crippen LogP contribution in [0.5, 0.6) is 0 Å². The van der Waals surface area contributed by atoms with E-state index in [9.17, 15) is 10.1 Å². The highest BCUT2D eigenvalue weighted by molar-refractivity contribution is 7.99. The molecule has 0 aliphatic carbocycles. The molecule has 2 heterocycles. The zero-order valence-corrected chi connectivity index (χ0v) is 12.8. The van der Waals surface area contributed by atoms with Gasteiger partial charge in [0.2, 0.25) is 0 Å². The van der Waals surface area contributed by atoms with Crippen molar-refractivity contribution in [1.82, 2.24) is 15.3 Å². The summed E-state index contributed by atoms with van der Waals surface area (Å²) in [4.78, 5) is 19.1. The van der Waals surface area contributed by atoms with E-state index in [-0.39, 0.29) is 18.1 Å². The summed E-state index contributed by atoms with van der Waals surface area (Å²) < 4.78 is 0. The zero-order valence-electron chi connectivity index (χ0n) is 11.2. The zero-order chi connectivity index (χ0) is 13.9. The fraction of sp³-hybridized carbons (Fsp3) is 0.385. The van der Waals surface area contributed by atoms with E-state index in [0.717, 1.165) is 31.0 Å². The molecular formula is C13H15ClN4O2S. The molecule has 1 aliphatic heterocycles. The van der Waals surface area contributed by atoms with Gasteiger partial charge in [-0.25, -0.2) is 4.98 Å². The summed E-state index contributed by atoms with van der Waals surface area (Å²) in [5.41, 5.74) is 1.31. The number of nitro groups is 1. The number of piperidine rings is 1. The van der Waals surface area contributed by atoms with Crippen molar-refractivity contribution in [3.8, 4) is 0 Å². The third kappa shape index (κ3) is 3.81. The van der Waals surface area contributed by atoms with Crippen LogP contribution in [-0.4, -0.2) is 33.2 Å². The molecule has 112 valence electrons. The van der Waals surface area contributed by atoms with Crippen molar-refractivity contribution < 1.29 is 4.92 Å². The van der Waals surface area contributed by atoms with Gasteiger partial charge in [0, 0.05) is 17.4 Å². The topological polar surface area (TPSA) is 81.0 Å². The molecular weight excluding hydrogens is 312 g/mol. The van der Waals surface area contributed by atoms with Crippen molar-refractivity contribution >= 4 is 40.9 Å². The Balaban J connectivity index is 0.00000161. The molecule has 0 atom stereocenters. The van der Waals surface area contributed by atoms with E-state index in [1.807, 2.05) is 0 Å². The van der Waals surface area contributed by atoms with E-state index in [1.54, 1.807) is 24.0 Å². The molecule has 1 aromatic heterocycles. The van der Waals surface area contributed by atoms with E-state index in [4.69, 9.17) is 0 Å². The first-order valence-corrected chi connectivity index (χ1v) is 7.39. The van der Waals surface area contributed by atoms with Crippen LogP contribution in [0, 0.1) is 10.1 Å². The molecule has 1 fully saturated rings. The smallest absolute Gasteiger partial charge is 0.271 e. The Hall–Kier alpha value is -1.44. The van der Waals surface area contributed by atoms with Crippen LogP contribution in [-0.2, 0) is 0 Å². The molecule has 0 radical (unpaired) electrons. The highest BCUT2D eigenvalue weighted by atomic mass is 35.5. The SMILES string of the molecule is Cl.O=[N+]([O-])c1ccc2nc(SC3CCNCC3)cnc2c1. The van der Waals surface area contributed by atoms with Crippen LogP contribution in [0.15, 0.2) is 29.4 Å². The minimum absolute atomic E-state index is 0. The molecule has 1 aromatic carbocycles. The first-order valence-electron chi connectivity index (χ1n) is 6.51. The molecule has 0 amide bonds. The summed E-state index contributed by atoms with van der Waals surface area (Å²) in [6, 6.07) is 4.59. The number of non-ortho nitro benzene ring substituents is 1. The van der Waals surface area contributed by atoms with Gasteiger partial charge in [-0.05, 0) is 32.0 Å². The third-order valence-corrected chi connectivity index (χ3v) is 4.53. The molecule has 6 nitrogen and oxygen atoms in total. The number of hydrogen-bond donors (Lipinski definition) is 1. The van der Waals surface area contributed by atoms with Gasteiger partial charge >= 0.3 is 0 Å². The lowest BCUT2D eigenvalue weighted by atomic mass is 10.2. The van der Waals surface area contributed by atoms with E-state index in [2.05, 4.69) is 15.3 Å². The molecule has 0 unspecified atom stereocenters. The van der Waals surface area contributed by atoms with Crippen molar-refractivity contribution in [2.75, 3.05) is 13.1 Å². The van der Waals surface area contributed by atoms with Crippen LogP contribution in [0.3, 0.4) is 0 Å². The second-order valence-corrected chi connectivity index (χ2v) is 6.03. The lowest BCUT2D eigenvalue weighted by molar-refractivity contribution is -0.384. The number of benzene rings is 1. The second-order valence-electron chi connectivity index (χ2n) is 4.71. The number of nitrogens with one attached hydrogen (secondary N) is 1. The van der Waals surface area contributed by atoms with Gasteiger partial charge in [-0.1, -0.05) is 0 Å². The van der Waals surface area contributed by atoms with Crippen molar-refractivity contribution in [3.05, 3.63) is 34.5 Å². The fourth-order valence-corrected chi connectivity index (χ4v) is 3.31. The molecule has 1 aliphatic rings. The minimum atomic E-state index is -0.418. The summed E-state index contributed by atoms with van der Waals surface area (Å²) in [5, 5.41) is 15.5. The number of aromatic nitrogens is 2. The number of thioether (sulfide) groups is 1. The summed E-state index contributed by atoms with van der Waals surface area (Å²) in [6.45, 7) is 2.09. The second kappa shape index (κ2) is 7.02. The highest BCUT2D eigenvalue weighted by Gasteiger charge is 2.15. The Morgan fingerprint density at radius 3 is 2.76 bits per heavy atom. The molecule has 1 saturated heterocycles. The molecule has 3 rings (SSSR count). The molecule has 0 bridgehead atoms. The maximum absolute atomic E-state index is 10.7. The summed E-state index contributed by atoms with van der Waals surface area (Å²) >= 11 is 1.74. The maximum Gasteiger partial charge on any atom is 0.271 e. The molecule has 21 heavy (non-hydrogen) atoms. The third-order valence-electron chi connectivity index (χ3n) is 3.29. The number of rotatable bonds is 3. The summed E-state index contributed by atoms with van der Waals surface area (Å²) in [5.74, 6) is 0. The Morgan fingerprint density at radius 1 is 1.29 bits per heavy atom. The van der Waals surface area contributed by atoms with Crippen LogP contribution in [0.4, 0.5) is 5.69 Å². The van der Waals surface area contributed by atoms with Crippen LogP contribution in [0.25, 0.3) is 11.0 Å². The average Bonchev–Trinajstić information content (AvgIpc) is 2.47. The minimum Gasteiger partial charge on any atom is -0.317 e. The first kappa shape index (κ1) is 15.9. The van der Waals surface area contributed by atoms with Gasteiger partial charge in [0.15, 0.2) is 0 Å². The Kier molecular flexibility index (Phi) is 5.33. The van der Waals surface area contributed by atoms with Crippen molar-refractivity contribution in [1.29, 1.82) is 0 Å². The molecule has 1 N–H and O–H groups in total. The fourth-order valence-electron chi connectivity index (χ4n) is 2.24. The van der Waals surface area contributed by atoms with E-state index in [1.165, 1.54) is 12.1 Å². The standard InChI is InChI=1S/C13H14N4O2S.ClH/c18-17(19)9-1-2-11-12(7-9)15-8-13(16-11)20-10-3-5-14-6-4-10;/h1-2,7-8,10,14H,3-6H2;1H. The number of fused-ring (bicyclic) bond motifs is 1. The molecule has 0 saturated carbocycles. The molecule has 2 aromatic rings. The van der Waals surface area contributed by atoms with E-state index in [0.29, 0.717) is 16.3 Å². The largest absolute Gasteiger partial charge is 0.317 e. The van der Waals surface area contributed by atoms with E-state index >= 15 is 0 Å². The Labute approximate surface area is 132 Å². The molecule has 8 heteroatoms. The van der Waals surface area contributed by atoms with Gasteiger partial charge in [0.05, 0.1) is 22.2 Å². The van der Waals surface area contributed by atoms with Gasteiger partial charge in [-0.3, -0.25) is 15.1 Å². The monoisotopic (exact) mass is 326 g/mol. The maximum atomic E-state index is 10.7. The summed E-state index contributed by atoms with van der Waals surface area (Å²) in [6.07, 6.45) is 3.97. The quantitative estimate of drug-likeness (QED) is 0.690. The van der Waals surface area contributed by atoms with Gasteiger partial charge in [0.25, 0.3) is 5.69 Å². The predicted molar refractivity (Wildman–Crippen MR) is 85.2 cm³/mol. The lowest BCUT2D eigenvalue weighted by Gasteiger charge is -2.21. The van der Waals surface area contributed by atoms with Crippen molar-refractivity contribution in [2.45, 2.75) is 23.1 Å². The number of nitro benzene ring substituents is 1. The first-order chi connectivity index (χ1) is 9.72. The lowest BCUT2D eigenvalue weighted by Crippen LogP contribution is -2.29. The van der Waals surface area contributed by atoms with Gasteiger partial charge in [0.1, 0.15) is 5.03 Å². The number of hydrogen-bond acceptors (Lipinski definition) is 6. The average molecular weight is 327 g/mol. The highest BCUT2D eigenvalue weighted by Crippen LogP contribution is 2.28. The van der Waals surface area contributed by atoms with Crippen LogP contribution >= 0.6 is 24.2 Å². The normalized spacial score (nSPS) is 15.6. The van der Waals surface area contributed by atoms with E-state index < -0.39 is 4.92 Å². The van der Waals surface area contributed by atoms with Gasteiger partial charge < -0.3 is 5.32 Å². The van der Waals surface area contributed by atoms with Crippen molar-refractivity contribution in [2.24, 2.45) is 0 Å². The van der Waals surface area contributed by atoms with Crippen molar-refractivity contribution in [3.63, 3.8) is 0 Å². The summed E-state index contributed by atoms with van der Waals surface area (Å²) in [7, 11) is 0. The number of nitrogens with zero attached hydrogens (tertiary/aromatic N) is 3. The number of halogens is 1. The Morgan fingerprint density at radius 2 is 2.05 bits per heavy atom. The Bertz CT molecular complexity index is 649. The van der Waals surface area contributed by atoms with Gasteiger partial charge in [-0.15, -0.1) is 24.2 Å². The van der Waals surface area contributed by atoms with Crippen LogP contribution < -0.4 is 5.32 Å². The predicted octanol–water partition coefficient (Wildman–Crippen LogP) is 2.80. The van der Waals surface area contributed by atoms with Crippen LogP contribution in [0.2, 0.25) is 0 Å². The van der Waals surface area contributed by atoms with Crippen LogP contribution in [0.1, 0.15) is 12.8 Å². The van der Waals surface area contributed by atoms with Gasteiger partial charge in [-0.2, -0.15) is 0 Å². The molecule has 0 spiro atoms.